The van der Waals surface area contributed by atoms with Crippen LogP contribution in [0.3, 0.4) is 0 Å². The van der Waals surface area contributed by atoms with E-state index in [9.17, 15) is 9.90 Å². The minimum atomic E-state index is -4.67. The number of para-hydroxylation sites is 1. The van der Waals surface area contributed by atoms with Gasteiger partial charge in [0.05, 0.1) is 6.10 Å². The Bertz CT molecular complexity index is 1560. The van der Waals surface area contributed by atoms with E-state index in [0.717, 1.165) is 0 Å². The van der Waals surface area contributed by atoms with E-state index in [2.05, 4.69) is 72.6 Å². The maximum absolute atomic E-state index is 11.7. The second kappa shape index (κ2) is 15.6. The van der Waals surface area contributed by atoms with Crippen LogP contribution in [0.15, 0.2) is 109 Å². The van der Waals surface area contributed by atoms with Gasteiger partial charge in [0.1, 0.15) is 23.2 Å². The average Bonchev–Trinajstić information content (AvgIpc) is 3.20. The van der Waals surface area contributed by atoms with Crippen molar-refractivity contribution in [3.63, 3.8) is 0 Å². The van der Waals surface area contributed by atoms with Crippen molar-refractivity contribution in [2.24, 2.45) is 0 Å². The first-order valence-corrected chi connectivity index (χ1v) is 15.9. The van der Waals surface area contributed by atoms with Gasteiger partial charge in [0.25, 0.3) is 0 Å². The van der Waals surface area contributed by atoms with Crippen LogP contribution in [-0.2, 0) is 15.1 Å². The molecule has 2 aliphatic rings. The second-order valence-corrected chi connectivity index (χ2v) is 11.8. The molecule has 5 N–H and O–H groups in total. The zero-order valence-corrected chi connectivity index (χ0v) is 25.7. The molecule has 2 fully saturated rings. The maximum atomic E-state index is 11.7. The average molecular weight is 635 g/mol. The highest BCUT2D eigenvalue weighted by molar-refractivity contribution is 7.79. The van der Waals surface area contributed by atoms with Crippen molar-refractivity contribution in [1.82, 2.24) is 4.90 Å². The molecule has 11 heteroatoms. The fraction of sp³-hybridized carbons (Fsp3) is 0.265. The zero-order chi connectivity index (χ0) is 32.4. The van der Waals surface area contributed by atoms with E-state index in [1.165, 1.54) is 55.0 Å². The summed E-state index contributed by atoms with van der Waals surface area (Å²) in [4.78, 5) is 14.3. The summed E-state index contributed by atoms with van der Waals surface area (Å²) in [6.45, 7) is 0. The Balaban J connectivity index is 0.000000185. The first-order valence-electron chi connectivity index (χ1n) is 14.5. The highest BCUT2D eigenvalue weighted by atomic mass is 32.3. The molecule has 4 aromatic carbocycles. The molecule has 0 aliphatic carbocycles. The van der Waals surface area contributed by atoms with Crippen LogP contribution < -0.4 is 10.5 Å². The van der Waals surface area contributed by atoms with E-state index < -0.39 is 16.4 Å². The van der Waals surface area contributed by atoms with E-state index in [-0.39, 0.29) is 17.4 Å². The highest BCUT2D eigenvalue weighted by Gasteiger charge is 2.39. The molecule has 2 aliphatic heterocycles. The third-order valence-electron chi connectivity index (χ3n) is 7.78. The zero-order valence-electron chi connectivity index (χ0n) is 24.8. The smallest absolute Gasteiger partial charge is 0.394 e. The Morgan fingerprint density at radius 1 is 0.822 bits per heavy atom. The van der Waals surface area contributed by atoms with Crippen molar-refractivity contribution in [1.29, 1.82) is 0 Å². The molecule has 0 radical (unpaired) electrons. The van der Waals surface area contributed by atoms with Gasteiger partial charge in [0.2, 0.25) is 0 Å². The predicted molar refractivity (Wildman–Crippen MR) is 172 cm³/mol. The minimum Gasteiger partial charge on any atom is -0.507 e. The number of nitrogens with zero attached hydrogens (tertiary/aromatic N) is 1. The van der Waals surface area contributed by atoms with Gasteiger partial charge in [-0.1, -0.05) is 78.9 Å². The molecule has 0 spiro atoms. The second-order valence-electron chi connectivity index (χ2n) is 10.9. The number of fused-ring (bicyclic) bond motifs is 2. The molecule has 2 atom stereocenters. The van der Waals surface area contributed by atoms with E-state index in [0.29, 0.717) is 29.6 Å². The number of phenolic OH excluding ortho intramolecular Hbond substituents is 1. The SMILES string of the molecule is CN1C2CCC1CC(OC(c1ccccc1)c1ccccc1)C2.Nc1ccc(C(=O)Oc2ccccc2)c(O)c1.O=S(=O)(O)O. The van der Waals surface area contributed by atoms with E-state index in [1.54, 1.807) is 24.3 Å². The lowest BCUT2D eigenvalue weighted by Crippen LogP contribution is -2.43. The van der Waals surface area contributed by atoms with Gasteiger partial charge in [-0.15, -0.1) is 0 Å². The first kappa shape index (κ1) is 33.6. The molecule has 0 amide bonds. The molecule has 4 aromatic rings. The summed E-state index contributed by atoms with van der Waals surface area (Å²) in [6.07, 6.45) is 5.43. The Kier molecular flexibility index (Phi) is 11.7. The standard InChI is InChI=1S/C21H25NO.C13H11NO3.H2O4S/c1-22-18-12-13-19(22)15-20(14-18)23-21(16-8-4-2-5-9-16)17-10-6-3-7-11-17;14-9-6-7-11(12(15)8-9)13(16)17-10-4-2-1-3-5-10;1-5(2,3)4/h2-11,18-21H,12-15H2,1H3;1-8,15H,14H2;(H2,1,2,3,4). The van der Waals surface area contributed by atoms with Gasteiger partial charge in [-0.05, 0) is 68.1 Å². The number of ether oxygens (including phenoxy) is 2. The third kappa shape index (κ3) is 10.4. The number of nitrogen functional groups attached to an aromatic ring is 1. The van der Waals surface area contributed by atoms with Gasteiger partial charge in [-0.2, -0.15) is 8.42 Å². The lowest BCUT2D eigenvalue weighted by Gasteiger charge is -2.38. The van der Waals surface area contributed by atoms with Crippen LogP contribution in [0, 0.1) is 0 Å². The summed E-state index contributed by atoms with van der Waals surface area (Å²) in [7, 11) is -2.38. The van der Waals surface area contributed by atoms with Gasteiger partial charge < -0.3 is 25.2 Å². The minimum absolute atomic E-state index is 0.0465. The van der Waals surface area contributed by atoms with Crippen molar-refractivity contribution in [2.45, 2.75) is 50.0 Å². The van der Waals surface area contributed by atoms with Crippen molar-refractivity contribution >= 4 is 22.1 Å². The number of carbonyl (C=O) groups excluding carboxylic acids is 1. The monoisotopic (exact) mass is 634 g/mol. The van der Waals surface area contributed by atoms with E-state index in [4.69, 9.17) is 32.7 Å². The molecule has 0 saturated carbocycles. The molecule has 2 saturated heterocycles. The summed E-state index contributed by atoms with van der Waals surface area (Å²) in [5.41, 5.74) is 8.45. The maximum Gasteiger partial charge on any atom is 0.394 e. The lowest BCUT2D eigenvalue weighted by molar-refractivity contribution is -0.0426. The quantitative estimate of drug-likeness (QED) is 0.0863. The van der Waals surface area contributed by atoms with Gasteiger partial charge in [-0.25, -0.2) is 4.79 Å². The fourth-order valence-electron chi connectivity index (χ4n) is 5.64. The molecular weight excluding hydrogens is 596 g/mol. The van der Waals surface area contributed by atoms with Crippen molar-refractivity contribution < 1.29 is 36.9 Å². The highest BCUT2D eigenvalue weighted by Crippen LogP contribution is 2.38. The molecule has 6 rings (SSSR count). The number of carbonyl (C=O) groups is 1. The molecule has 238 valence electrons. The number of nitrogens with two attached hydrogens (primary N) is 1. The topological polar surface area (TPSA) is 160 Å². The molecule has 2 bridgehead atoms. The number of benzene rings is 4. The van der Waals surface area contributed by atoms with E-state index >= 15 is 0 Å². The summed E-state index contributed by atoms with van der Waals surface area (Å²) in [6, 6.07) is 35.6. The Hall–Kier alpha value is -4.26. The number of aromatic hydroxyl groups is 1. The Labute approximate surface area is 263 Å². The number of phenols is 1. The number of hydrogen-bond acceptors (Lipinski definition) is 8. The number of hydrogen-bond donors (Lipinski definition) is 4. The Morgan fingerprint density at radius 2 is 1.29 bits per heavy atom. The summed E-state index contributed by atoms with van der Waals surface area (Å²) in [5.74, 6) is -0.381. The molecular formula is C34H38N2O8S. The number of piperidine rings is 1. The number of rotatable bonds is 6. The largest absolute Gasteiger partial charge is 0.507 e. The van der Waals surface area contributed by atoms with Crippen molar-refractivity contribution in [3.05, 3.63) is 126 Å². The molecule has 2 unspecified atom stereocenters. The van der Waals surface area contributed by atoms with Crippen molar-refractivity contribution in [3.8, 4) is 11.5 Å². The summed E-state index contributed by atoms with van der Waals surface area (Å²) >= 11 is 0. The van der Waals surface area contributed by atoms with Crippen LogP contribution >= 0.6 is 0 Å². The molecule has 2 heterocycles. The van der Waals surface area contributed by atoms with Gasteiger partial charge in [-0.3, -0.25) is 9.11 Å². The van der Waals surface area contributed by atoms with Crippen LogP contribution in [0.2, 0.25) is 0 Å². The fourth-order valence-corrected chi connectivity index (χ4v) is 5.64. The van der Waals surface area contributed by atoms with E-state index in [1.807, 2.05) is 6.07 Å². The molecule has 10 nitrogen and oxygen atoms in total. The normalized spacial score (nSPS) is 19.1. The van der Waals surface area contributed by atoms with Gasteiger partial charge in [0, 0.05) is 23.8 Å². The Morgan fingerprint density at radius 3 is 1.76 bits per heavy atom. The molecule has 0 aromatic heterocycles. The first-order chi connectivity index (χ1) is 21.5. The summed E-state index contributed by atoms with van der Waals surface area (Å²) in [5, 5.41) is 9.56. The van der Waals surface area contributed by atoms with Gasteiger partial charge in [0.15, 0.2) is 0 Å². The van der Waals surface area contributed by atoms with Crippen molar-refractivity contribution in [2.75, 3.05) is 12.8 Å². The number of anilines is 1. The van der Waals surface area contributed by atoms with Crippen LogP contribution in [0.1, 0.15) is 53.3 Å². The predicted octanol–water partition coefficient (Wildman–Crippen LogP) is 5.96. The number of esters is 1. The van der Waals surface area contributed by atoms with Gasteiger partial charge >= 0.3 is 16.4 Å². The lowest BCUT2D eigenvalue weighted by atomic mass is 9.97. The summed E-state index contributed by atoms with van der Waals surface area (Å²) < 4.78 is 43.3. The molecule has 45 heavy (non-hydrogen) atoms. The van der Waals surface area contributed by atoms with Crippen LogP contribution in [-0.4, -0.2) is 58.7 Å². The van der Waals surface area contributed by atoms with Crippen LogP contribution in [0.25, 0.3) is 0 Å². The van der Waals surface area contributed by atoms with Crippen LogP contribution in [0.4, 0.5) is 5.69 Å². The van der Waals surface area contributed by atoms with Crippen LogP contribution in [0.5, 0.6) is 11.5 Å². The third-order valence-corrected chi connectivity index (χ3v) is 7.78.